The van der Waals surface area contributed by atoms with E-state index in [1.54, 1.807) is 4.90 Å². The maximum Gasteiger partial charge on any atom is 0.410 e. The van der Waals surface area contributed by atoms with Crippen LogP contribution in [0.1, 0.15) is 12.8 Å². The lowest BCUT2D eigenvalue weighted by Crippen LogP contribution is -2.27. The number of nitrogens with zero attached hydrogens (tertiary/aromatic N) is 1. The molecule has 0 unspecified atom stereocenters. The molecule has 1 heterocycles. The number of hydrogen-bond acceptors (Lipinski definition) is 2. The van der Waals surface area contributed by atoms with E-state index >= 15 is 0 Å². The van der Waals surface area contributed by atoms with Gasteiger partial charge in [0.1, 0.15) is 0 Å². The van der Waals surface area contributed by atoms with Crippen molar-refractivity contribution in [3.63, 3.8) is 0 Å². The van der Waals surface area contributed by atoms with Crippen LogP contribution in [0.15, 0.2) is 0 Å². The topological polar surface area (TPSA) is 29.5 Å². The Balaban J connectivity index is 2.25. The number of carbonyl (C=O) groups is 1. The summed E-state index contributed by atoms with van der Waals surface area (Å²) in [6.07, 6.45) is 1.88. The van der Waals surface area contributed by atoms with E-state index in [4.69, 9.17) is 11.6 Å². The second-order valence-corrected chi connectivity index (χ2v) is 2.43. The summed E-state index contributed by atoms with van der Waals surface area (Å²) in [6.45, 7) is 1.63. The van der Waals surface area contributed by atoms with Crippen LogP contribution in [0, 0.1) is 0 Å². The number of ether oxygens (including phenoxy) is 1. The molecule has 0 bridgehead atoms. The van der Waals surface area contributed by atoms with Gasteiger partial charge in [-0.3, -0.25) is 0 Å². The van der Waals surface area contributed by atoms with Gasteiger partial charge in [-0.1, -0.05) is 11.6 Å². The molecule has 0 N–H and O–H groups in total. The van der Waals surface area contributed by atoms with Gasteiger partial charge in [-0.15, -0.1) is 0 Å². The first-order valence-electron chi connectivity index (χ1n) is 3.32. The van der Waals surface area contributed by atoms with Crippen LogP contribution in [-0.2, 0) is 4.74 Å². The maximum atomic E-state index is 10.9. The first kappa shape index (κ1) is 7.66. The smallest absolute Gasteiger partial charge is 0.410 e. The Hall–Kier alpha value is -0.440. The van der Waals surface area contributed by atoms with Crippen molar-refractivity contribution >= 4 is 17.7 Å². The molecule has 0 spiro atoms. The number of halogens is 1. The zero-order chi connectivity index (χ0) is 7.40. The van der Waals surface area contributed by atoms with Gasteiger partial charge in [0.2, 0.25) is 0 Å². The minimum atomic E-state index is -0.285. The average Bonchev–Trinajstić information content (AvgIpc) is 2.38. The molecule has 1 amide bonds. The number of alkyl halides is 1. The summed E-state index contributed by atoms with van der Waals surface area (Å²) in [5.41, 5.74) is 0. The van der Waals surface area contributed by atoms with Crippen LogP contribution in [0.25, 0.3) is 0 Å². The minimum absolute atomic E-state index is 0.0463. The summed E-state index contributed by atoms with van der Waals surface area (Å²) in [6, 6.07) is -0.0463. The quantitative estimate of drug-likeness (QED) is 0.547. The molecule has 10 heavy (non-hydrogen) atoms. The highest BCUT2D eigenvalue weighted by Gasteiger charge is 2.18. The Bertz CT molecular complexity index is 123. The first-order valence-corrected chi connectivity index (χ1v) is 3.85. The van der Waals surface area contributed by atoms with Crippen molar-refractivity contribution < 1.29 is 9.53 Å². The Labute approximate surface area is 64.9 Å². The summed E-state index contributed by atoms with van der Waals surface area (Å²) < 4.78 is 4.58. The van der Waals surface area contributed by atoms with Crippen LogP contribution < -0.4 is 0 Å². The molecule has 1 aliphatic heterocycles. The van der Waals surface area contributed by atoms with Crippen molar-refractivity contribution in [2.24, 2.45) is 0 Å². The second kappa shape index (κ2) is 3.66. The zero-order valence-electron chi connectivity index (χ0n) is 5.68. The van der Waals surface area contributed by atoms with Gasteiger partial charge in [-0.05, 0) is 12.8 Å². The Morgan fingerprint density at radius 3 is 2.60 bits per heavy atom. The maximum absolute atomic E-state index is 10.9. The van der Waals surface area contributed by atoms with E-state index in [1.165, 1.54) is 0 Å². The molecule has 3 nitrogen and oxygen atoms in total. The number of likely N-dealkylation sites (tertiary alicyclic amines) is 1. The molecule has 0 saturated carbocycles. The lowest BCUT2D eigenvalue weighted by Gasteiger charge is -2.12. The molecule has 0 aliphatic carbocycles. The van der Waals surface area contributed by atoms with Crippen LogP contribution in [0.4, 0.5) is 4.79 Å². The predicted molar refractivity (Wildman–Crippen MR) is 38.0 cm³/mol. The number of hydrogen-bond donors (Lipinski definition) is 0. The third-order valence-electron chi connectivity index (χ3n) is 1.54. The van der Waals surface area contributed by atoms with Gasteiger partial charge >= 0.3 is 6.09 Å². The highest BCUT2D eigenvalue weighted by Crippen LogP contribution is 2.08. The van der Waals surface area contributed by atoms with E-state index < -0.39 is 0 Å². The van der Waals surface area contributed by atoms with E-state index in [1.807, 2.05) is 0 Å². The van der Waals surface area contributed by atoms with Gasteiger partial charge in [0.25, 0.3) is 0 Å². The Kier molecular flexibility index (Phi) is 2.81. The number of carbonyl (C=O) groups excluding carboxylic acids is 1. The van der Waals surface area contributed by atoms with Crippen molar-refractivity contribution in [3.8, 4) is 0 Å². The van der Waals surface area contributed by atoms with Gasteiger partial charge in [-0.25, -0.2) is 4.79 Å². The normalized spacial score (nSPS) is 17.5. The molecular formula is C6H10ClNO2. The molecule has 1 fully saturated rings. The molecule has 1 saturated heterocycles. The monoisotopic (exact) mass is 163 g/mol. The highest BCUT2D eigenvalue weighted by atomic mass is 35.5. The Morgan fingerprint density at radius 1 is 1.50 bits per heavy atom. The molecule has 1 aliphatic rings. The highest BCUT2D eigenvalue weighted by molar-refractivity contribution is 6.17. The molecule has 0 atom stereocenters. The van der Waals surface area contributed by atoms with Crippen LogP contribution >= 0.6 is 11.6 Å². The van der Waals surface area contributed by atoms with Crippen molar-refractivity contribution in [1.29, 1.82) is 0 Å². The van der Waals surface area contributed by atoms with Gasteiger partial charge in [0.05, 0.1) is 0 Å². The van der Waals surface area contributed by atoms with Gasteiger partial charge in [0.15, 0.2) is 6.07 Å². The zero-order valence-corrected chi connectivity index (χ0v) is 6.43. The van der Waals surface area contributed by atoms with E-state index in [0.717, 1.165) is 25.9 Å². The third kappa shape index (κ3) is 1.77. The van der Waals surface area contributed by atoms with Crippen LogP contribution in [-0.4, -0.2) is 30.1 Å². The lowest BCUT2D eigenvalue weighted by atomic mass is 10.4. The molecule has 4 heteroatoms. The molecular weight excluding hydrogens is 154 g/mol. The van der Waals surface area contributed by atoms with Crippen LogP contribution in [0.3, 0.4) is 0 Å². The standard InChI is InChI=1S/C6H10ClNO2/c7-5-10-6(9)8-3-1-2-4-8/h1-5H2. The predicted octanol–water partition coefficient (Wildman–Crippen LogP) is 1.42. The van der Waals surface area contributed by atoms with Crippen LogP contribution in [0.2, 0.25) is 0 Å². The number of rotatable bonds is 1. The van der Waals surface area contributed by atoms with Gasteiger partial charge < -0.3 is 9.64 Å². The fraction of sp³-hybridized carbons (Fsp3) is 0.833. The summed E-state index contributed by atoms with van der Waals surface area (Å²) in [4.78, 5) is 12.5. The Morgan fingerprint density at radius 2 is 2.10 bits per heavy atom. The lowest BCUT2D eigenvalue weighted by molar-refractivity contribution is 0.127. The van der Waals surface area contributed by atoms with Gasteiger partial charge in [0, 0.05) is 13.1 Å². The molecule has 58 valence electrons. The fourth-order valence-corrected chi connectivity index (χ4v) is 1.13. The van der Waals surface area contributed by atoms with Crippen LogP contribution in [0.5, 0.6) is 0 Å². The summed E-state index contributed by atoms with van der Waals surface area (Å²) in [5.74, 6) is 0. The molecule has 0 aromatic heterocycles. The SMILES string of the molecule is O=C(OCCl)N1CCCC1. The van der Waals surface area contributed by atoms with Crippen molar-refractivity contribution in [2.45, 2.75) is 12.8 Å². The summed E-state index contributed by atoms with van der Waals surface area (Å²) >= 11 is 5.21. The molecule has 1 rings (SSSR count). The second-order valence-electron chi connectivity index (χ2n) is 2.21. The number of amides is 1. The van der Waals surface area contributed by atoms with E-state index in [9.17, 15) is 4.79 Å². The van der Waals surface area contributed by atoms with Crippen molar-refractivity contribution in [2.75, 3.05) is 19.2 Å². The molecule has 0 aromatic carbocycles. The molecule has 0 radical (unpaired) electrons. The fourth-order valence-electron chi connectivity index (χ4n) is 1.04. The largest absolute Gasteiger partial charge is 0.433 e. The van der Waals surface area contributed by atoms with E-state index in [0.29, 0.717) is 0 Å². The van der Waals surface area contributed by atoms with Gasteiger partial charge in [-0.2, -0.15) is 0 Å². The first-order chi connectivity index (χ1) is 4.84. The van der Waals surface area contributed by atoms with E-state index in [2.05, 4.69) is 4.74 Å². The van der Waals surface area contributed by atoms with Crippen molar-refractivity contribution in [3.05, 3.63) is 0 Å². The average molecular weight is 164 g/mol. The summed E-state index contributed by atoms with van der Waals surface area (Å²) in [5, 5.41) is 0. The summed E-state index contributed by atoms with van der Waals surface area (Å²) in [7, 11) is 0. The van der Waals surface area contributed by atoms with E-state index in [-0.39, 0.29) is 12.2 Å². The third-order valence-corrected chi connectivity index (χ3v) is 1.65. The molecule has 0 aromatic rings. The van der Waals surface area contributed by atoms with Crippen molar-refractivity contribution in [1.82, 2.24) is 4.90 Å². The minimum Gasteiger partial charge on any atom is -0.433 e.